The second-order valence-corrected chi connectivity index (χ2v) is 3.95. The highest BCUT2D eigenvalue weighted by molar-refractivity contribution is 7.80. The van der Waals surface area contributed by atoms with Crippen LogP contribution in [0.2, 0.25) is 0 Å². The van der Waals surface area contributed by atoms with Crippen molar-refractivity contribution < 1.29 is 0 Å². The SMILES string of the molecule is S=C(Nc1ccccc1)Nc1cscn1. The molecule has 0 atom stereocenters. The zero-order valence-corrected chi connectivity index (χ0v) is 9.44. The fourth-order valence-corrected chi connectivity index (χ4v) is 1.78. The minimum absolute atomic E-state index is 0.548. The number of benzene rings is 1. The molecule has 0 aliphatic heterocycles. The summed E-state index contributed by atoms with van der Waals surface area (Å²) in [6.07, 6.45) is 0. The first-order valence-corrected chi connectivity index (χ1v) is 5.71. The molecule has 0 bridgehead atoms. The van der Waals surface area contributed by atoms with Crippen LogP contribution >= 0.6 is 23.6 Å². The van der Waals surface area contributed by atoms with Crippen LogP contribution in [0.5, 0.6) is 0 Å². The lowest BCUT2D eigenvalue weighted by atomic mass is 10.3. The Hall–Kier alpha value is -1.46. The number of para-hydroxylation sites is 1. The molecule has 0 amide bonds. The van der Waals surface area contributed by atoms with E-state index in [0.29, 0.717) is 5.11 Å². The third-order valence-electron chi connectivity index (χ3n) is 1.71. The lowest BCUT2D eigenvalue weighted by Gasteiger charge is -2.07. The number of nitrogens with one attached hydrogen (secondary N) is 2. The number of thiocarbonyl (C=S) groups is 1. The Morgan fingerprint density at radius 1 is 1.20 bits per heavy atom. The largest absolute Gasteiger partial charge is 0.332 e. The third-order valence-corrected chi connectivity index (χ3v) is 2.50. The zero-order chi connectivity index (χ0) is 10.5. The Bertz CT molecular complexity index is 425. The fourth-order valence-electron chi connectivity index (χ4n) is 1.07. The Balaban J connectivity index is 1.94. The number of hydrogen-bond donors (Lipinski definition) is 2. The van der Waals surface area contributed by atoms with Crippen molar-refractivity contribution in [2.75, 3.05) is 10.6 Å². The lowest BCUT2D eigenvalue weighted by Crippen LogP contribution is -2.19. The second kappa shape index (κ2) is 4.86. The van der Waals surface area contributed by atoms with Crippen LogP contribution in [0, 0.1) is 0 Å². The molecule has 3 nitrogen and oxygen atoms in total. The van der Waals surface area contributed by atoms with Crippen molar-refractivity contribution in [3.8, 4) is 0 Å². The molecule has 1 aromatic carbocycles. The molecule has 1 aromatic heterocycles. The van der Waals surface area contributed by atoms with Crippen molar-refractivity contribution in [3.05, 3.63) is 41.2 Å². The topological polar surface area (TPSA) is 37.0 Å². The minimum atomic E-state index is 0.548. The van der Waals surface area contributed by atoms with Crippen molar-refractivity contribution in [3.63, 3.8) is 0 Å². The van der Waals surface area contributed by atoms with Gasteiger partial charge in [0.2, 0.25) is 0 Å². The van der Waals surface area contributed by atoms with E-state index in [2.05, 4.69) is 15.6 Å². The van der Waals surface area contributed by atoms with E-state index in [1.54, 1.807) is 5.51 Å². The van der Waals surface area contributed by atoms with Crippen molar-refractivity contribution >= 4 is 40.2 Å². The predicted molar refractivity (Wildman–Crippen MR) is 68.4 cm³/mol. The van der Waals surface area contributed by atoms with Gasteiger partial charge in [0.15, 0.2) is 5.11 Å². The number of nitrogens with zero attached hydrogens (tertiary/aromatic N) is 1. The van der Waals surface area contributed by atoms with Gasteiger partial charge < -0.3 is 10.6 Å². The monoisotopic (exact) mass is 235 g/mol. The van der Waals surface area contributed by atoms with Gasteiger partial charge in [0.25, 0.3) is 0 Å². The van der Waals surface area contributed by atoms with E-state index in [0.717, 1.165) is 11.5 Å². The molecule has 0 spiro atoms. The molecule has 0 fully saturated rings. The molecule has 0 unspecified atom stereocenters. The highest BCUT2D eigenvalue weighted by Crippen LogP contribution is 2.09. The number of anilines is 2. The van der Waals surface area contributed by atoms with E-state index >= 15 is 0 Å². The fraction of sp³-hybridized carbons (Fsp3) is 0. The number of thiazole rings is 1. The van der Waals surface area contributed by atoms with Crippen molar-refractivity contribution in [1.82, 2.24) is 4.98 Å². The molecule has 1 heterocycles. The van der Waals surface area contributed by atoms with E-state index in [-0.39, 0.29) is 0 Å². The molecule has 0 aliphatic carbocycles. The lowest BCUT2D eigenvalue weighted by molar-refractivity contribution is 1.41. The molecular formula is C10H9N3S2. The van der Waals surface area contributed by atoms with Crippen LogP contribution in [-0.2, 0) is 0 Å². The van der Waals surface area contributed by atoms with Gasteiger partial charge in [-0.25, -0.2) is 4.98 Å². The van der Waals surface area contributed by atoms with Crippen molar-refractivity contribution in [2.45, 2.75) is 0 Å². The van der Waals surface area contributed by atoms with Crippen molar-refractivity contribution in [1.29, 1.82) is 0 Å². The molecule has 2 N–H and O–H groups in total. The van der Waals surface area contributed by atoms with Gasteiger partial charge in [-0.2, -0.15) is 0 Å². The normalized spacial score (nSPS) is 9.60. The summed E-state index contributed by atoms with van der Waals surface area (Å²) < 4.78 is 0. The summed E-state index contributed by atoms with van der Waals surface area (Å²) >= 11 is 6.65. The molecule has 5 heteroatoms. The first-order chi connectivity index (χ1) is 7.34. The van der Waals surface area contributed by atoms with Crippen LogP contribution in [0.1, 0.15) is 0 Å². The van der Waals surface area contributed by atoms with Crippen molar-refractivity contribution in [2.24, 2.45) is 0 Å². The van der Waals surface area contributed by atoms with Crippen LogP contribution in [0.3, 0.4) is 0 Å². The highest BCUT2D eigenvalue weighted by Gasteiger charge is 1.98. The van der Waals surface area contributed by atoms with Crippen LogP contribution in [-0.4, -0.2) is 10.1 Å². The molecule has 0 saturated heterocycles. The zero-order valence-electron chi connectivity index (χ0n) is 7.81. The molecule has 0 saturated carbocycles. The summed E-state index contributed by atoms with van der Waals surface area (Å²) in [7, 11) is 0. The first-order valence-electron chi connectivity index (χ1n) is 4.36. The van der Waals surface area contributed by atoms with Gasteiger partial charge in [0.1, 0.15) is 5.82 Å². The van der Waals surface area contributed by atoms with Gasteiger partial charge in [-0.3, -0.25) is 0 Å². The van der Waals surface area contributed by atoms with E-state index in [4.69, 9.17) is 12.2 Å². The Kier molecular flexibility index (Phi) is 3.26. The molecule has 2 aromatic rings. The maximum Gasteiger partial charge on any atom is 0.176 e. The molecule has 0 radical (unpaired) electrons. The minimum Gasteiger partial charge on any atom is -0.332 e. The quantitative estimate of drug-likeness (QED) is 0.785. The van der Waals surface area contributed by atoms with Gasteiger partial charge in [0.05, 0.1) is 5.51 Å². The predicted octanol–water partition coefficient (Wildman–Crippen LogP) is 2.95. The number of aromatic nitrogens is 1. The summed E-state index contributed by atoms with van der Waals surface area (Å²) in [5.41, 5.74) is 2.72. The second-order valence-electron chi connectivity index (χ2n) is 2.82. The first kappa shape index (κ1) is 10.1. The Morgan fingerprint density at radius 3 is 2.67 bits per heavy atom. The van der Waals surface area contributed by atoms with E-state index < -0.39 is 0 Å². The van der Waals surface area contributed by atoms with E-state index in [9.17, 15) is 0 Å². The average Bonchev–Trinajstić information content (AvgIpc) is 2.71. The smallest absolute Gasteiger partial charge is 0.176 e. The van der Waals surface area contributed by atoms with E-state index in [1.807, 2.05) is 35.7 Å². The molecule has 2 rings (SSSR count). The van der Waals surface area contributed by atoms with Gasteiger partial charge in [-0.1, -0.05) is 18.2 Å². The van der Waals surface area contributed by atoms with E-state index in [1.165, 1.54) is 11.3 Å². The Labute approximate surface area is 97.2 Å². The molecule has 0 aliphatic rings. The summed E-state index contributed by atoms with van der Waals surface area (Å²) in [5, 5.41) is 8.51. The van der Waals surface area contributed by atoms with Crippen LogP contribution < -0.4 is 10.6 Å². The van der Waals surface area contributed by atoms with Gasteiger partial charge in [-0.15, -0.1) is 11.3 Å². The van der Waals surface area contributed by atoms with Crippen LogP contribution in [0.15, 0.2) is 41.2 Å². The molecule has 76 valence electrons. The maximum atomic E-state index is 5.13. The van der Waals surface area contributed by atoms with Gasteiger partial charge in [-0.05, 0) is 24.4 Å². The highest BCUT2D eigenvalue weighted by atomic mass is 32.1. The summed E-state index contributed by atoms with van der Waals surface area (Å²) in [6, 6.07) is 9.77. The Morgan fingerprint density at radius 2 is 2.00 bits per heavy atom. The third kappa shape index (κ3) is 3.00. The average molecular weight is 235 g/mol. The summed E-state index contributed by atoms with van der Waals surface area (Å²) in [6.45, 7) is 0. The summed E-state index contributed by atoms with van der Waals surface area (Å²) in [5.74, 6) is 0.772. The van der Waals surface area contributed by atoms with Gasteiger partial charge >= 0.3 is 0 Å². The summed E-state index contributed by atoms with van der Waals surface area (Å²) in [4.78, 5) is 4.08. The number of hydrogen-bond acceptors (Lipinski definition) is 3. The maximum absolute atomic E-state index is 5.13. The number of rotatable bonds is 2. The molecular weight excluding hydrogens is 226 g/mol. The van der Waals surface area contributed by atoms with Gasteiger partial charge in [0, 0.05) is 11.1 Å². The van der Waals surface area contributed by atoms with Crippen LogP contribution in [0.25, 0.3) is 0 Å². The standard InChI is InChI=1S/C10H9N3S2/c14-10(13-9-6-15-7-11-9)12-8-4-2-1-3-5-8/h1-7H,(H2,12,13,14). The van der Waals surface area contributed by atoms with Crippen LogP contribution in [0.4, 0.5) is 11.5 Å². The molecule has 15 heavy (non-hydrogen) atoms.